The van der Waals surface area contributed by atoms with Crippen LogP contribution in [0.5, 0.6) is 0 Å². The number of hydrogen-bond acceptors (Lipinski definition) is 3. The second-order valence-corrected chi connectivity index (χ2v) is 7.68. The first-order valence-electron chi connectivity index (χ1n) is 7.63. The molecule has 6 bridgehead atoms. The first-order valence-corrected chi connectivity index (χ1v) is 7.63. The average Bonchev–Trinajstić information content (AvgIpc) is 2.75. The van der Waals surface area contributed by atoms with E-state index in [4.69, 9.17) is 4.74 Å². The Bertz CT molecular complexity index is 475. The number of aliphatic hydroxyl groups excluding tert-OH is 1. The number of ether oxygens (including phenoxy) is 1. The van der Waals surface area contributed by atoms with Crippen LogP contribution in [-0.2, 0) is 9.53 Å². The Morgan fingerprint density at radius 3 is 2.53 bits per heavy atom. The maximum atomic E-state index is 12.1. The smallest absolute Gasteiger partial charge is 0.312 e. The van der Waals surface area contributed by atoms with Gasteiger partial charge in [-0.3, -0.25) is 4.79 Å². The fourth-order valence-electron chi connectivity index (χ4n) is 6.79. The van der Waals surface area contributed by atoms with E-state index in [9.17, 15) is 15.0 Å². The van der Waals surface area contributed by atoms with E-state index >= 15 is 0 Å². The van der Waals surface area contributed by atoms with Crippen molar-refractivity contribution in [2.24, 2.45) is 29.1 Å². The Labute approximate surface area is 112 Å². The summed E-state index contributed by atoms with van der Waals surface area (Å²) in [6.45, 7) is -0.0153. The van der Waals surface area contributed by atoms with Gasteiger partial charge in [0.15, 0.2) is 0 Å². The molecule has 19 heavy (non-hydrogen) atoms. The highest BCUT2D eigenvalue weighted by atomic mass is 16.6. The molecule has 5 aliphatic carbocycles. The quantitative estimate of drug-likeness (QED) is 0.791. The minimum Gasteiger partial charge on any atom is -0.481 e. The second kappa shape index (κ2) is 2.86. The van der Waals surface area contributed by atoms with Crippen molar-refractivity contribution >= 4 is 5.97 Å². The lowest BCUT2D eigenvalue weighted by molar-refractivity contribution is -0.177. The summed E-state index contributed by atoms with van der Waals surface area (Å²) in [6.07, 6.45) is 5.34. The third kappa shape index (κ3) is 0.907. The van der Waals surface area contributed by atoms with Gasteiger partial charge in [-0.25, -0.2) is 0 Å². The summed E-state index contributed by atoms with van der Waals surface area (Å²) < 4.78 is 6.51. The summed E-state index contributed by atoms with van der Waals surface area (Å²) in [5.74, 6) is 1.73. The van der Waals surface area contributed by atoms with E-state index in [-0.39, 0.29) is 6.61 Å². The second-order valence-electron chi connectivity index (χ2n) is 7.68. The number of hydrogen-bond donors (Lipinski definition) is 2. The van der Waals surface area contributed by atoms with Gasteiger partial charge in [-0.15, -0.1) is 0 Å². The molecule has 1 heterocycles. The zero-order valence-electron chi connectivity index (χ0n) is 11.0. The van der Waals surface area contributed by atoms with Crippen LogP contribution in [0.1, 0.15) is 38.5 Å². The molecule has 1 aliphatic heterocycles. The molecule has 7 atom stereocenters. The van der Waals surface area contributed by atoms with Crippen molar-refractivity contribution in [3.05, 3.63) is 0 Å². The van der Waals surface area contributed by atoms with Gasteiger partial charge in [-0.1, -0.05) is 0 Å². The topological polar surface area (TPSA) is 66.8 Å². The summed E-state index contributed by atoms with van der Waals surface area (Å²) in [6, 6.07) is 0. The summed E-state index contributed by atoms with van der Waals surface area (Å²) in [5.41, 5.74) is -1.68. The molecular weight excluding hydrogens is 244 g/mol. The Balaban J connectivity index is 1.71. The summed E-state index contributed by atoms with van der Waals surface area (Å²) >= 11 is 0. The zero-order valence-corrected chi connectivity index (χ0v) is 11.0. The molecule has 1 spiro atoms. The van der Waals surface area contributed by atoms with Gasteiger partial charge >= 0.3 is 5.97 Å². The molecule has 0 aromatic rings. The molecule has 6 fully saturated rings. The molecule has 0 aromatic carbocycles. The molecule has 2 unspecified atom stereocenters. The molecule has 104 valence electrons. The van der Waals surface area contributed by atoms with Crippen molar-refractivity contribution < 1.29 is 19.7 Å². The maximum Gasteiger partial charge on any atom is 0.312 e. The maximum absolute atomic E-state index is 12.1. The van der Waals surface area contributed by atoms with Crippen LogP contribution in [0, 0.1) is 29.1 Å². The Morgan fingerprint density at radius 2 is 2.00 bits per heavy atom. The van der Waals surface area contributed by atoms with E-state index < -0.39 is 22.6 Å². The largest absolute Gasteiger partial charge is 0.481 e. The number of carboxylic acids is 1. The number of carbonyl (C=O) groups is 1. The lowest BCUT2D eigenvalue weighted by Crippen LogP contribution is -2.53. The van der Waals surface area contributed by atoms with Crippen molar-refractivity contribution in [3.8, 4) is 0 Å². The molecule has 2 N–H and O–H groups in total. The van der Waals surface area contributed by atoms with Gasteiger partial charge in [0, 0.05) is 0 Å². The highest BCUT2D eigenvalue weighted by Crippen LogP contribution is 2.83. The van der Waals surface area contributed by atoms with Gasteiger partial charge in [0.05, 0.1) is 17.8 Å². The minimum atomic E-state index is -0.705. The SMILES string of the molecule is O=C(O)[C@]12CCC[C@](CO)(C1)O[C@@]21C2C[C@@H]3C1[C@@H]3C2. The predicted octanol–water partition coefficient (Wildman–Crippen LogP) is 1.42. The van der Waals surface area contributed by atoms with Gasteiger partial charge in [0.25, 0.3) is 0 Å². The summed E-state index contributed by atoms with van der Waals surface area (Å²) in [4.78, 5) is 12.1. The number of rotatable bonds is 2. The Morgan fingerprint density at radius 1 is 1.26 bits per heavy atom. The van der Waals surface area contributed by atoms with Crippen molar-refractivity contribution in [2.45, 2.75) is 49.7 Å². The Hall–Kier alpha value is -0.610. The van der Waals surface area contributed by atoms with Crippen molar-refractivity contribution in [1.82, 2.24) is 0 Å². The molecule has 1 saturated heterocycles. The molecule has 0 amide bonds. The van der Waals surface area contributed by atoms with E-state index in [0.29, 0.717) is 18.3 Å². The van der Waals surface area contributed by atoms with Gasteiger partial charge in [-0.05, 0) is 62.2 Å². The van der Waals surface area contributed by atoms with E-state index in [1.807, 2.05) is 0 Å². The number of aliphatic carboxylic acids is 1. The molecule has 0 aromatic heterocycles. The van der Waals surface area contributed by atoms with Crippen LogP contribution in [0.3, 0.4) is 0 Å². The van der Waals surface area contributed by atoms with Crippen LogP contribution in [0.15, 0.2) is 0 Å². The molecular formula is C15H20O4. The molecule has 0 radical (unpaired) electrons. The molecule has 6 rings (SSSR count). The predicted molar refractivity (Wildman–Crippen MR) is 65.4 cm³/mol. The third-order valence-corrected chi connectivity index (χ3v) is 7.24. The van der Waals surface area contributed by atoms with Gasteiger partial charge in [0.1, 0.15) is 5.41 Å². The first kappa shape index (κ1) is 11.1. The fraction of sp³-hybridized carbons (Fsp3) is 0.933. The van der Waals surface area contributed by atoms with Crippen LogP contribution in [0.2, 0.25) is 0 Å². The standard InChI is InChI=1S/C15H20O4/c16-7-13-2-1-3-14(6-13,12(17)18)15(19-13)8-4-9-10(5-8)11(9)15/h8-11,16H,1-7H2,(H,17,18)/t8?,9-,10+,11?,13-,14+,15-/m1/s1. The Kier molecular flexibility index (Phi) is 1.67. The van der Waals surface area contributed by atoms with Gasteiger partial charge < -0.3 is 14.9 Å². The van der Waals surface area contributed by atoms with Gasteiger partial charge in [-0.2, -0.15) is 0 Å². The normalized spacial score (nSPS) is 63.8. The first-order chi connectivity index (χ1) is 9.09. The third-order valence-electron chi connectivity index (χ3n) is 7.24. The molecule has 4 heteroatoms. The number of aliphatic hydroxyl groups is 1. The summed E-state index contributed by atoms with van der Waals surface area (Å²) in [5, 5.41) is 19.8. The highest BCUT2D eigenvalue weighted by Gasteiger charge is 2.86. The lowest BCUT2D eigenvalue weighted by atomic mass is 9.60. The van der Waals surface area contributed by atoms with Crippen LogP contribution >= 0.6 is 0 Å². The molecule has 5 saturated carbocycles. The number of fused-ring (bicyclic) bond motifs is 2. The van der Waals surface area contributed by atoms with E-state index in [1.165, 1.54) is 12.8 Å². The van der Waals surface area contributed by atoms with Gasteiger partial charge in [0.2, 0.25) is 0 Å². The van der Waals surface area contributed by atoms with E-state index in [1.54, 1.807) is 0 Å². The lowest BCUT2D eigenvalue weighted by Gasteiger charge is -2.41. The van der Waals surface area contributed by atoms with Crippen LogP contribution in [0.4, 0.5) is 0 Å². The van der Waals surface area contributed by atoms with Crippen molar-refractivity contribution in [2.75, 3.05) is 6.61 Å². The molecule has 4 nitrogen and oxygen atoms in total. The summed E-state index contributed by atoms with van der Waals surface area (Å²) in [7, 11) is 0. The monoisotopic (exact) mass is 264 g/mol. The van der Waals surface area contributed by atoms with Crippen LogP contribution < -0.4 is 0 Å². The minimum absolute atomic E-state index is 0.0153. The zero-order chi connectivity index (χ0) is 13.0. The highest BCUT2D eigenvalue weighted by molar-refractivity contribution is 5.78. The van der Waals surface area contributed by atoms with E-state index in [0.717, 1.165) is 31.1 Å². The van der Waals surface area contributed by atoms with Crippen molar-refractivity contribution in [1.29, 1.82) is 0 Å². The molecule has 6 aliphatic rings. The average molecular weight is 264 g/mol. The van der Waals surface area contributed by atoms with Crippen LogP contribution in [0.25, 0.3) is 0 Å². The fourth-order valence-corrected chi connectivity index (χ4v) is 6.79. The van der Waals surface area contributed by atoms with Crippen molar-refractivity contribution in [3.63, 3.8) is 0 Å². The van der Waals surface area contributed by atoms with E-state index in [2.05, 4.69) is 0 Å². The van der Waals surface area contributed by atoms with Crippen LogP contribution in [-0.4, -0.2) is 34.0 Å². The number of carboxylic acid groups (broad SMARTS) is 1.